The Morgan fingerprint density at radius 3 is 2.84 bits per heavy atom. The second-order valence-corrected chi connectivity index (χ2v) is 4.81. The summed E-state index contributed by atoms with van der Waals surface area (Å²) >= 11 is 8.93. The fourth-order valence-electron chi connectivity index (χ4n) is 1.33. The average molecular weight is 345 g/mol. The Morgan fingerprint density at radius 2 is 2.21 bits per heavy atom. The van der Waals surface area contributed by atoms with Crippen molar-refractivity contribution >= 4 is 33.2 Å². The maximum Gasteiger partial charge on any atom is 0.349 e. The number of benzene rings is 1. The Kier molecular flexibility index (Phi) is 3.96. The molecule has 98 valence electrons. The Bertz CT molecular complexity index is 651. The molecule has 0 atom stereocenters. The number of aromatic nitrogens is 2. The van der Waals surface area contributed by atoms with Crippen molar-refractivity contribution in [3.05, 3.63) is 49.8 Å². The summed E-state index contributed by atoms with van der Waals surface area (Å²) in [5, 5.41) is 10.7. The smallest absolute Gasteiger partial charge is 0.349 e. The summed E-state index contributed by atoms with van der Waals surface area (Å²) in [5.74, 6) is 0.206. The summed E-state index contributed by atoms with van der Waals surface area (Å²) < 4.78 is 6.08. The van der Waals surface area contributed by atoms with Gasteiger partial charge in [-0.05, 0) is 52.2 Å². The second kappa shape index (κ2) is 5.50. The number of hydrogen-bond donors (Lipinski definition) is 0. The number of halogens is 2. The lowest BCUT2D eigenvalue weighted by molar-refractivity contribution is -0.386. The summed E-state index contributed by atoms with van der Waals surface area (Å²) in [4.78, 5) is 17.5. The Morgan fingerprint density at radius 1 is 1.47 bits per heavy atom. The maximum absolute atomic E-state index is 10.9. The van der Waals surface area contributed by atoms with Crippen LogP contribution >= 0.6 is 27.5 Å². The van der Waals surface area contributed by atoms with Gasteiger partial charge in [0.1, 0.15) is 11.9 Å². The molecule has 0 bridgehead atoms. The second-order valence-electron chi connectivity index (χ2n) is 3.62. The summed E-state index contributed by atoms with van der Waals surface area (Å²) in [6.07, 6.45) is 1.01. The molecule has 0 aliphatic heterocycles. The van der Waals surface area contributed by atoms with Crippen molar-refractivity contribution in [1.29, 1.82) is 0 Å². The molecule has 6 nitrogen and oxygen atoms in total. The van der Waals surface area contributed by atoms with Crippen LogP contribution in [0.5, 0.6) is 11.6 Å². The van der Waals surface area contributed by atoms with Gasteiger partial charge in [-0.25, -0.2) is 4.98 Å². The molecule has 0 fully saturated rings. The first-order valence-electron chi connectivity index (χ1n) is 5.08. The molecule has 0 amide bonds. The van der Waals surface area contributed by atoms with Gasteiger partial charge in [0.05, 0.1) is 9.40 Å². The van der Waals surface area contributed by atoms with Crippen molar-refractivity contribution < 1.29 is 9.66 Å². The minimum atomic E-state index is -0.631. The number of hydrogen-bond acceptors (Lipinski definition) is 5. The van der Waals surface area contributed by atoms with Gasteiger partial charge in [-0.15, -0.1) is 0 Å². The topological polar surface area (TPSA) is 78.2 Å². The number of nitrogens with zero attached hydrogens (tertiary/aromatic N) is 3. The van der Waals surface area contributed by atoms with Crippen LogP contribution in [-0.4, -0.2) is 14.9 Å². The SMILES string of the molecule is Cc1ccc(Oc2nc(Cl)ncc2[N+](=O)[O-])c(Br)c1. The van der Waals surface area contributed by atoms with Crippen molar-refractivity contribution in [3.63, 3.8) is 0 Å². The molecule has 0 saturated heterocycles. The molecule has 0 aliphatic carbocycles. The first kappa shape index (κ1) is 13.7. The van der Waals surface area contributed by atoms with Crippen LogP contribution in [0.3, 0.4) is 0 Å². The average Bonchev–Trinajstić information content (AvgIpc) is 2.32. The van der Waals surface area contributed by atoms with Crippen LogP contribution in [-0.2, 0) is 0 Å². The van der Waals surface area contributed by atoms with E-state index in [-0.39, 0.29) is 16.9 Å². The van der Waals surface area contributed by atoms with Gasteiger partial charge in [-0.1, -0.05) is 6.07 Å². The molecule has 0 aliphatic rings. The first-order chi connectivity index (χ1) is 8.97. The molecule has 8 heteroatoms. The van der Waals surface area contributed by atoms with Gasteiger partial charge in [0, 0.05) is 0 Å². The monoisotopic (exact) mass is 343 g/mol. The van der Waals surface area contributed by atoms with E-state index >= 15 is 0 Å². The fourth-order valence-corrected chi connectivity index (χ4v) is 2.03. The lowest BCUT2D eigenvalue weighted by Gasteiger charge is -2.07. The van der Waals surface area contributed by atoms with Crippen LogP contribution in [0.4, 0.5) is 5.69 Å². The first-order valence-corrected chi connectivity index (χ1v) is 6.25. The number of nitro groups is 1. The summed E-state index contributed by atoms with van der Waals surface area (Å²) in [6.45, 7) is 1.92. The van der Waals surface area contributed by atoms with E-state index in [0.29, 0.717) is 10.2 Å². The lowest BCUT2D eigenvalue weighted by atomic mass is 10.2. The highest BCUT2D eigenvalue weighted by Crippen LogP contribution is 2.34. The summed E-state index contributed by atoms with van der Waals surface area (Å²) in [7, 11) is 0. The number of rotatable bonds is 3. The third kappa shape index (κ3) is 3.18. The van der Waals surface area contributed by atoms with Crippen LogP contribution in [0.15, 0.2) is 28.9 Å². The highest BCUT2D eigenvalue weighted by molar-refractivity contribution is 9.10. The zero-order chi connectivity index (χ0) is 14.0. The van der Waals surface area contributed by atoms with E-state index in [2.05, 4.69) is 25.9 Å². The molecule has 0 saturated carbocycles. The molecule has 1 aromatic heterocycles. The number of aryl methyl sites for hydroxylation is 1. The largest absolute Gasteiger partial charge is 0.432 e. The van der Waals surface area contributed by atoms with E-state index in [4.69, 9.17) is 16.3 Å². The van der Waals surface area contributed by atoms with Gasteiger partial charge >= 0.3 is 11.6 Å². The molecular formula is C11H7BrClN3O3. The van der Waals surface area contributed by atoms with Gasteiger partial charge in [-0.3, -0.25) is 10.1 Å². The third-order valence-corrected chi connectivity index (χ3v) is 3.00. The highest BCUT2D eigenvalue weighted by Gasteiger charge is 2.20. The zero-order valence-electron chi connectivity index (χ0n) is 9.63. The van der Waals surface area contributed by atoms with E-state index in [1.54, 1.807) is 6.07 Å². The van der Waals surface area contributed by atoms with Crippen LogP contribution in [0.2, 0.25) is 5.28 Å². The molecule has 2 aromatic rings. The zero-order valence-corrected chi connectivity index (χ0v) is 12.0. The minimum Gasteiger partial charge on any atom is -0.432 e. The van der Waals surface area contributed by atoms with Gasteiger partial charge in [0.2, 0.25) is 5.28 Å². The molecular weight excluding hydrogens is 337 g/mol. The van der Waals surface area contributed by atoms with E-state index in [9.17, 15) is 10.1 Å². The quantitative estimate of drug-likeness (QED) is 0.479. The van der Waals surface area contributed by atoms with Crippen LogP contribution in [0.25, 0.3) is 0 Å². The third-order valence-electron chi connectivity index (χ3n) is 2.20. The standard InChI is InChI=1S/C11H7BrClN3O3/c1-6-2-3-9(7(12)4-6)19-10-8(16(17)18)5-14-11(13)15-10/h2-5H,1H3. The Hall–Kier alpha value is -1.73. The van der Waals surface area contributed by atoms with E-state index in [0.717, 1.165) is 11.8 Å². The fraction of sp³-hybridized carbons (Fsp3) is 0.0909. The minimum absolute atomic E-state index is 0.121. The van der Waals surface area contributed by atoms with Crippen molar-refractivity contribution in [2.45, 2.75) is 6.92 Å². The van der Waals surface area contributed by atoms with Gasteiger partial charge in [0.25, 0.3) is 0 Å². The highest BCUT2D eigenvalue weighted by atomic mass is 79.9. The van der Waals surface area contributed by atoms with Crippen molar-refractivity contribution in [3.8, 4) is 11.6 Å². The van der Waals surface area contributed by atoms with Gasteiger partial charge < -0.3 is 4.74 Å². The summed E-state index contributed by atoms with van der Waals surface area (Å²) in [6, 6.07) is 5.32. The van der Waals surface area contributed by atoms with E-state index < -0.39 is 4.92 Å². The molecule has 0 spiro atoms. The van der Waals surface area contributed by atoms with Crippen LogP contribution < -0.4 is 4.74 Å². The normalized spacial score (nSPS) is 10.3. The van der Waals surface area contributed by atoms with Gasteiger partial charge in [0.15, 0.2) is 0 Å². The number of ether oxygens (including phenoxy) is 1. The molecule has 2 rings (SSSR count). The molecule has 1 aromatic carbocycles. The molecule has 19 heavy (non-hydrogen) atoms. The predicted molar refractivity (Wildman–Crippen MR) is 72.6 cm³/mol. The predicted octanol–water partition coefficient (Wildman–Crippen LogP) is 3.90. The van der Waals surface area contributed by atoms with E-state index in [1.807, 2.05) is 19.1 Å². The molecule has 1 heterocycles. The summed E-state index contributed by atoms with van der Waals surface area (Å²) in [5.41, 5.74) is 0.673. The molecule has 0 radical (unpaired) electrons. The van der Waals surface area contributed by atoms with Crippen molar-refractivity contribution in [2.24, 2.45) is 0 Å². The van der Waals surface area contributed by atoms with Crippen LogP contribution in [0, 0.1) is 17.0 Å². The van der Waals surface area contributed by atoms with Crippen molar-refractivity contribution in [2.75, 3.05) is 0 Å². The molecule has 0 N–H and O–H groups in total. The van der Waals surface area contributed by atoms with E-state index in [1.165, 1.54) is 0 Å². The van der Waals surface area contributed by atoms with Crippen LogP contribution in [0.1, 0.15) is 5.56 Å². The van der Waals surface area contributed by atoms with Gasteiger partial charge in [-0.2, -0.15) is 4.98 Å². The Balaban J connectivity index is 2.42. The molecule has 0 unspecified atom stereocenters. The van der Waals surface area contributed by atoms with Crippen molar-refractivity contribution in [1.82, 2.24) is 9.97 Å². The lowest BCUT2D eigenvalue weighted by Crippen LogP contribution is -1.98. The Labute approximate surface area is 121 Å². The maximum atomic E-state index is 10.9.